The molecule has 0 aromatic heterocycles. The van der Waals surface area contributed by atoms with E-state index in [9.17, 15) is 14.7 Å². The van der Waals surface area contributed by atoms with E-state index in [0.29, 0.717) is 23.7 Å². The number of aryl methyl sites for hydroxylation is 1. The second-order valence-corrected chi connectivity index (χ2v) is 11.5. The van der Waals surface area contributed by atoms with Gasteiger partial charge < -0.3 is 19.5 Å². The summed E-state index contributed by atoms with van der Waals surface area (Å²) in [5.41, 5.74) is 4.02. The standard InChI is InChI=1S/C34H39NO5/c1-8-39-27-11-9-10-23(19-27)20-35-30(24-12-15-26(16-13-24)34(5,6)7)29(32(37)33(35)38)31(36)25-14-17-28(22(4)18-25)40-21(2)3/h9-19,21,30,36H,8,20H2,1-7H3/b31-29-. The molecule has 40 heavy (non-hydrogen) atoms. The molecule has 1 atom stereocenters. The third kappa shape index (κ3) is 6.06. The van der Waals surface area contributed by atoms with Crippen LogP contribution >= 0.6 is 0 Å². The molecule has 4 rings (SSSR count). The van der Waals surface area contributed by atoms with Gasteiger partial charge in [-0.15, -0.1) is 0 Å². The predicted molar refractivity (Wildman–Crippen MR) is 158 cm³/mol. The molecule has 1 heterocycles. The fourth-order valence-corrected chi connectivity index (χ4v) is 4.99. The first-order valence-electron chi connectivity index (χ1n) is 13.8. The molecule has 1 amide bonds. The Labute approximate surface area is 237 Å². The molecule has 3 aromatic rings. The highest BCUT2D eigenvalue weighted by molar-refractivity contribution is 6.46. The lowest BCUT2D eigenvalue weighted by atomic mass is 9.85. The van der Waals surface area contributed by atoms with Crippen LogP contribution in [-0.2, 0) is 21.5 Å². The van der Waals surface area contributed by atoms with Gasteiger partial charge in [-0.1, -0.05) is 57.2 Å². The number of aliphatic hydroxyl groups excluding tert-OH is 1. The molecule has 210 valence electrons. The minimum atomic E-state index is -0.753. The second kappa shape index (κ2) is 11.6. The average molecular weight is 542 g/mol. The van der Waals surface area contributed by atoms with Crippen molar-refractivity contribution in [3.63, 3.8) is 0 Å². The van der Waals surface area contributed by atoms with Gasteiger partial charge in [-0.3, -0.25) is 9.59 Å². The Morgan fingerprint density at radius 3 is 2.30 bits per heavy atom. The zero-order valence-corrected chi connectivity index (χ0v) is 24.4. The summed E-state index contributed by atoms with van der Waals surface area (Å²) in [6.07, 6.45) is 0.000713. The summed E-state index contributed by atoms with van der Waals surface area (Å²) in [6.45, 7) is 14.8. The van der Waals surface area contributed by atoms with Crippen molar-refractivity contribution in [2.24, 2.45) is 0 Å². The van der Waals surface area contributed by atoms with Crippen molar-refractivity contribution < 1.29 is 24.2 Å². The first-order chi connectivity index (χ1) is 18.9. The molecular formula is C34H39NO5. The Kier molecular flexibility index (Phi) is 8.38. The van der Waals surface area contributed by atoms with Crippen LogP contribution in [0.25, 0.3) is 5.76 Å². The molecule has 3 aromatic carbocycles. The topological polar surface area (TPSA) is 76.1 Å². The Morgan fingerprint density at radius 1 is 1.00 bits per heavy atom. The van der Waals surface area contributed by atoms with Crippen LogP contribution in [0.15, 0.2) is 72.3 Å². The molecule has 1 saturated heterocycles. The third-order valence-corrected chi connectivity index (χ3v) is 7.01. The van der Waals surface area contributed by atoms with E-state index >= 15 is 0 Å². The molecule has 6 nitrogen and oxygen atoms in total. The van der Waals surface area contributed by atoms with E-state index in [-0.39, 0.29) is 29.4 Å². The van der Waals surface area contributed by atoms with Crippen molar-refractivity contribution in [1.29, 1.82) is 0 Å². The third-order valence-electron chi connectivity index (χ3n) is 7.01. The van der Waals surface area contributed by atoms with Gasteiger partial charge >= 0.3 is 0 Å². The summed E-state index contributed by atoms with van der Waals surface area (Å²) in [7, 11) is 0. The predicted octanol–water partition coefficient (Wildman–Crippen LogP) is 7.10. The average Bonchev–Trinajstić information content (AvgIpc) is 3.14. The zero-order chi connectivity index (χ0) is 29.2. The van der Waals surface area contributed by atoms with E-state index in [1.807, 2.05) is 76.2 Å². The van der Waals surface area contributed by atoms with Crippen LogP contribution in [0.3, 0.4) is 0 Å². The number of ketones is 1. The Morgan fingerprint density at radius 2 is 1.70 bits per heavy atom. The van der Waals surface area contributed by atoms with Gasteiger partial charge in [0.05, 0.1) is 24.3 Å². The van der Waals surface area contributed by atoms with Crippen molar-refractivity contribution >= 4 is 17.4 Å². The zero-order valence-electron chi connectivity index (χ0n) is 24.4. The maximum Gasteiger partial charge on any atom is 0.295 e. The molecule has 0 bridgehead atoms. The molecule has 1 N–H and O–H groups in total. The van der Waals surface area contributed by atoms with Gasteiger partial charge in [0, 0.05) is 12.1 Å². The summed E-state index contributed by atoms with van der Waals surface area (Å²) in [4.78, 5) is 28.6. The number of carbonyl (C=O) groups excluding carboxylic acids is 2. The molecular weight excluding hydrogens is 502 g/mol. The van der Waals surface area contributed by atoms with Gasteiger partial charge in [-0.25, -0.2) is 0 Å². The highest BCUT2D eigenvalue weighted by atomic mass is 16.5. The number of carbonyl (C=O) groups is 2. The fraction of sp³-hybridized carbons (Fsp3) is 0.353. The Hall–Kier alpha value is -4.06. The highest BCUT2D eigenvalue weighted by Crippen LogP contribution is 2.41. The van der Waals surface area contributed by atoms with Crippen molar-refractivity contribution in [1.82, 2.24) is 4.90 Å². The number of hydrogen-bond acceptors (Lipinski definition) is 5. The molecule has 6 heteroatoms. The van der Waals surface area contributed by atoms with Gasteiger partial charge in [0.15, 0.2) is 0 Å². The van der Waals surface area contributed by atoms with Crippen LogP contribution < -0.4 is 9.47 Å². The fourth-order valence-electron chi connectivity index (χ4n) is 4.99. The van der Waals surface area contributed by atoms with E-state index in [1.165, 1.54) is 4.90 Å². The van der Waals surface area contributed by atoms with Gasteiger partial charge in [0.25, 0.3) is 11.7 Å². The van der Waals surface area contributed by atoms with E-state index in [0.717, 1.165) is 22.3 Å². The van der Waals surface area contributed by atoms with E-state index < -0.39 is 17.7 Å². The molecule has 0 radical (unpaired) electrons. The number of ether oxygens (including phenoxy) is 2. The van der Waals surface area contributed by atoms with Gasteiger partial charge in [-0.2, -0.15) is 0 Å². The Bertz CT molecular complexity index is 1430. The van der Waals surface area contributed by atoms with Gasteiger partial charge in [-0.05, 0) is 85.7 Å². The summed E-state index contributed by atoms with van der Waals surface area (Å²) < 4.78 is 11.5. The van der Waals surface area contributed by atoms with Crippen LogP contribution in [0, 0.1) is 6.92 Å². The first kappa shape index (κ1) is 28.9. The smallest absolute Gasteiger partial charge is 0.295 e. The van der Waals surface area contributed by atoms with Crippen LogP contribution in [0.2, 0.25) is 0 Å². The number of benzene rings is 3. The SMILES string of the molecule is CCOc1cccc(CN2C(=O)C(=O)/C(=C(\O)c3ccc(OC(C)C)c(C)c3)C2c2ccc(C(C)(C)C)cc2)c1. The molecule has 0 saturated carbocycles. The largest absolute Gasteiger partial charge is 0.507 e. The van der Waals surface area contributed by atoms with Crippen molar-refractivity contribution in [2.45, 2.75) is 72.6 Å². The van der Waals surface area contributed by atoms with Gasteiger partial charge in [0.2, 0.25) is 0 Å². The number of likely N-dealkylation sites (tertiary alicyclic amines) is 1. The van der Waals surface area contributed by atoms with Crippen LogP contribution in [0.1, 0.15) is 75.4 Å². The minimum absolute atomic E-state index is 0.000713. The number of hydrogen-bond donors (Lipinski definition) is 1. The highest BCUT2D eigenvalue weighted by Gasteiger charge is 2.46. The monoisotopic (exact) mass is 541 g/mol. The quantitative estimate of drug-likeness (QED) is 0.187. The first-order valence-corrected chi connectivity index (χ1v) is 13.8. The number of aliphatic hydroxyl groups is 1. The van der Waals surface area contributed by atoms with Crippen molar-refractivity contribution in [3.8, 4) is 11.5 Å². The molecule has 0 aliphatic carbocycles. The van der Waals surface area contributed by atoms with E-state index in [1.54, 1.807) is 18.2 Å². The minimum Gasteiger partial charge on any atom is -0.507 e. The number of nitrogens with zero attached hydrogens (tertiary/aromatic N) is 1. The number of amides is 1. The number of Topliss-reactive ketones (excluding diaryl/α,β-unsaturated/α-hetero) is 1. The summed E-state index contributed by atoms with van der Waals surface area (Å²) >= 11 is 0. The summed E-state index contributed by atoms with van der Waals surface area (Å²) in [5, 5.41) is 11.5. The maximum absolute atomic E-state index is 13.5. The molecule has 0 spiro atoms. The van der Waals surface area contributed by atoms with Crippen LogP contribution in [0.5, 0.6) is 11.5 Å². The van der Waals surface area contributed by atoms with Gasteiger partial charge in [0.1, 0.15) is 17.3 Å². The molecule has 1 fully saturated rings. The molecule has 1 aliphatic rings. The van der Waals surface area contributed by atoms with Crippen LogP contribution in [0.4, 0.5) is 0 Å². The Balaban J connectivity index is 1.83. The van der Waals surface area contributed by atoms with Crippen molar-refractivity contribution in [2.75, 3.05) is 6.61 Å². The lowest BCUT2D eigenvalue weighted by Gasteiger charge is -2.27. The summed E-state index contributed by atoms with van der Waals surface area (Å²) in [6, 6.07) is 20.0. The lowest BCUT2D eigenvalue weighted by molar-refractivity contribution is -0.140. The molecule has 1 aliphatic heterocycles. The normalized spacial score (nSPS) is 17.0. The number of rotatable bonds is 8. The second-order valence-electron chi connectivity index (χ2n) is 11.5. The maximum atomic E-state index is 13.5. The van der Waals surface area contributed by atoms with Crippen molar-refractivity contribution in [3.05, 3.63) is 100 Å². The summed E-state index contributed by atoms with van der Waals surface area (Å²) in [5.74, 6) is -0.154. The molecule has 1 unspecified atom stereocenters. The van der Waals surface area contributed by atoms with E-state index in [2.05, 4.69) is 20.8 Å². The van der Waals surface area contributed by atoms with E-state index in [4.69, 9.17) is 9.47 Å². The van der Waals surface area contributed by atoms with Crippen LogP contribution in [-0.4, -0.2) is 34.4 Å². The lowest BCUT2D eigenvalue weighted by Crippen LogP contribution is -2.29.